The molecule has 0 spiro atoms. The van der Waals surface area contributed by atoms with Crippen LogP contribution in [0.1, 0.15) is 130 Å². The molecule has 200 valence electrons. The molecule has 2 unspecified atom stereocenters. The molecule has 1 rings (SSSR count). The van der Waals surface area contributed by atoms with Crippen LogP contribution in [0.5, 0.6) is 0 Å². The summed E-state index contributed by atoms with van der Waals surface area (Å²) in [5.41, 5.74) is 4.11. The lowest BCUT2D eigenvalue weighted by Crippen LogP contribution is -2.36. The van der Waals surface area contributed by atoms with Gasteiger partial charge in [0.15, 0.2) is 0 Å². The standard InChI is InChI=1S/C27H48O2.H3O4P/c1-12-14-15-27(13-2,18-28)23(29)22-20(25(6,7)8)16-19(24(3,4)5)17-21(22)26(9,10)11;1-5(2,3)4/h16-17,23,28-29H,12-15,18H2,1-11H3;(H3,1,2,3,4)/p-3. The highest BCUT2D eigenvalue weighted by atomic mass is 31.2. The van der Waals surface area contributed by atoms with E-state index >= 15 is 0 Å². The van der Waals surface area contributed by atoms with Gasteiger partial charge in [-0.15, -0.1) is 0 Å². The summed E-state index contributed by atoms with van der Waals surface area (Å²) in [5, 5.41) is 22.3. The number of hydrogen-bond acceptors (Lipinski definition) is 6. The summed E-state index contributed by atoms with van der Waals surface area (Å²) < 4.78 is 8.55. The third-order valence-corrected chi connectivity index (χ3v) is 6.56. The third-order valence-electron chi connectivity index (χ3n) is 6.56. The summed E-state index contributed by atoms with van der Waals surface area (Å²) in [4.78, 5) is 25.6. The van der Waals surface area contributed by atoms with Gasteiger partial charge in [0.2, 0.25) is 0 Å². The predicted octanol–water partition coefficient (Wildman–Crippen LogP) is 4.37. The molecule has 0 aliphatic rings. The first-order valence-electron chi connectivity index (χ1n) is 12.3. The Morgan fingerprint density at radius 3 is 1.47 bits per heavy atom. The number of rotatable bonds is 7. The van der Waals surface area contributed by atoms with Crippen LogP contribution in [0.15, 0.2) is 12.1 Å². The maximum absolute atomic E-state index is 11.9. The summed E-state index contributed by atoms with van der Waals surface area (Å²) in [7, 11) is -5.39. The molecule has 0 bridgehead atoms. The fourth-order valence-corrected chi connectivity index (χ4v) is 4.24. The van der Waals surface area contributed by atoms with Crippen molar-refractivity contribution in [1.29, 1.82) is 0 Å². The molecule has 0 aromatic heterocycles. The molecule has 6 nitrogen and oxygen atoms in total. The lowest BCUT2D eigenvalue weighted by atomic mass is 9.65. The molecule has 2 atom stereocenters. The Hall–Kier alpha value is -0.750. The van der Waals surface area contributed by atoms with Crippen molar-refractivity contribution >= 4 is 7.82 Å². The van der Waals surface area contributed by atoms with Crippen LogP contribution in [0.2, 0.25) is 0 Å². The second-order valence-electron chi connectivity index (χ2n) is 12.6. The van der Waals surface area contributed by atoms with Crippen molar-refractivity contribution in [3.63, 3.8) is 0 Å². The van der Waals surface area contributed by atoms with Crippen LogP contribution in [0.3, 0.4) is 0 Å². The highest BCUT2D eigenvalue weighted by Gasteiger charge is 2.41. The van der Waals surface area contributed by atoms with Gasteiger partial charge in [-0.1, -0.05) is 101 Å². The third kappa shape index (κ3) is 9.72. The number of benzene rings is 1. The molecule has 0 fully saturated rings. The van der Waals surface area contributed by atoms with Gasteiger partial charge in [-0.3, -0.25) is 0 Å². The smallest absolute Gasteiger partial charge is 0.0873 e. The summed E-state index contributed by atoms with van der Waals surface area (Å²) in [5.74, 6) is 0. The van der Waals surface area contributed by atoms with E-state index < -0.39 is 19.3 Å². The molecule has 0 saturated heterocycles. The second-order valence-corrected chi connectivity index (χ2v) is 13.5. The van der Waals surface area contributed by atoms with Crippen LogP contribution in [0.4, 0.5) is 0 Å². The molecule has 0 heterocycles. The molecule has 0 saturated carbocycles. The van der Waals surface area contributed by atoms with E-state index in [9.17, 15) is 10.2 Å². The van der Waals surface area contributed by atoms with E-state index in [4.69, 9.17) is 19.2 Å². The first-order chi connectivity index (χ1) is 15.0. The van der Waals surface area contributed by atoms with Crippen molar-refractivity contribution in [3.8, 4) is 0 Å². The molecule has 2 N–H and O–H groups in total. The molecule has 7 heteroatoms. The zero-order valence-corrected chi connectivity index (χ0v) is 24.1. The largest absolute Gasteiger partial charge is 0.822 e. The van der Waals surface area contributed by atoms with Gasteiger partial charge in [0, 0.05) is 5.41 Å². The van der Waals surface area contributed by atoms with E-state index in [1.54, 1.807) is 0 Å². The van der Waals surface area contributed by atoms with Gasteiger partial charge in [-0.2, -0.15) is 7.82 Å². The van der Waals surface area contributed by atoms with Gasteiger partial charge < -0.3 is 29.5 Å². The zero-order chi connectivity index (χ0) is 27.3. The van der Waals surface area contributed by atoms with Crippen molar-refractivity contribution < 1.29 is 29.5 Å². The minimum atomic E-state index is -5.39. The minimum Gasteiger partial charge on any atom is -0.822 e. The summed E-state index contributed by atoms with van der Waals surface area (Å²) in [6.07, 6.45) is 3.00. The molecular formula is C27H48O6P-3. The van der Waals surface area contributed by atoms with Gasteiger partial charge in [-0.25, -0.2) is 0 Å². The number of hydrogen-bond donors (Lipinski definition) is 2. The molecule has 0 radical (unpaired) electrons. The fourth-order valence-electron chi connectivity index (χ4n) is 4.24. The van der Waals surface area contributed by atoms with Crippen LogP contribution < -0.4 is 14.7 Å². The average molecular weight is 500 g/mol. The Bertz CT molecular complexity index is 774. The van der Waals surface area contributed by atoms with Crippen molar-refractivity contribution in [2.24, 2.45) is 5.41 Å². The van der Waals surface area contributed by atoms with E-state index in [1.165, 1.54) is 16.7 Å². The average Bonchev–Trinajstić information content (AvgIpc) is 2.64. The van der Waals surface area contributed by atoms with E-state index in [1.807, 2.05) is 0 Å². The van der Waals surface area contributed by atoms with Crippen LogP contribution in [-0.4, -0.2) is 16.8 Å². The SMILES string of the molecule is CCCCC(CC)(CO)C(O)c1c(C(C)(C)C)cc(C(C)(C)C)cc1C(C)(C)C.O=P([O-])([O-])[O-]. The first-order valence-corrected chi connectivity index (χ1v) is 13.7. The van der Waals surface area contributed by atoms with E-state index in [-0.39, 0.29) is 22.9 Å². The molecular weight excluding hydrogens is 451 g/mol. The zero-order valence-electron chi connectivity index (χ0n) is 23.2. The summed E-state index contributed by atoms with van der Waals surface area (Å²) in [6.45, 7) is 24.4. The Kier molecular flexibility index (Phi) is 11.7. The van der Waals surface area contributed by atoms with E-state index in [2.05, 4.69) is 88.3 Å². The van der Waals surface area contributed by atoms with Gasteiger partial charge in [0.25, 0.3) is 0 Å². The van der Waals surface area contributed by atoms with Gasteiger partial charge in [0.1, 0.15) is 0 Å². The number of unbranched alkanes of at least 4 members (excludes halogenated alkanes) is 1. The molecule has 0 aliphatic carbocycles. The van der Waals surface area contributed by atoms with Crippen molar-refractivity contribution in [1.82, 2.24) is 0 Å². The molecule has 0 aliphatic heterocycles. The monoisotopic (exact) mass is 499 g/mol. The Morgan fingerprint density at radius 2 is 1.24 bits per heavy atom. The van der Waals surface area contributed by atoms with Gasteiger partial charge in [0.05, 0.1) is 12.7 Å². The Labute approximate surface area is 208 Å². The van der Waals surface area contributed by atoms with E-state index in [0.29, 0.717) is 0 Å². The van der Waals surface area contributed by atoms with E-state index in [0.717, 1.165) is 31.2 Å². The molecule has 0 amide bonds. The lowest BCUT2D eigenvalue weighted by Gasteiger charge is -2.42. The Morgan fingerprint density at radius 1 is 0.853 bits per heavy atom. The van der Waals surface area contributed by atoms with Crippen LogP contribution in [-0.2, 0) is 20.8 Å². The second kappa shape index (κ2) is 12.0. The minimum absolute atomic E-state index is 0.0128. The number of aliphatic hydroxyl groups excluding tert-OH is 2. The molecule has 34 heavy (non-hydrogen) atoms. The highest BCUT2D eigenvalue weighted by Crippen LogP contribution is 2.48. The lowest BCUT2D eigenvalue weighted by molar-refractivity contribution is -0.432. The Balaban J connectivity index is 0.00000196. The van der Waals surface area contributed by atoms with Crippen LogP contribution >= 0.6 is 7.82 Å². The van der Waals surface area contributed by atoms with Crippen LogP contribution in [0.25, 0.3) is 0 Å². The van der Waals surface area contributed by atoms with Crippen molar-refractivity contribution in [2.45, 2.75) is 124 Å². The summed E-state index contributed by atoms with van der Waals surface area (Å²) in [6, 6.07) is 4.62. The quantitative estimate of drug-likeness (QED) is 0.537. The normalized spacial score (nSPS) is 15.9. The highest BCUT2D eigenvalue weighted by molar-refractivity contribution is 7.40. The molecule has 1 aromatic rings. The summed E-state index contributed by atoms with van der Waals surface area (Å²) >= 11 is 0. The number of aliphatic hydroxyl groups is 2. The molecule has 1 aromatic carbocycles. The van der Waals surface area contributed by atoms with Crippen LogP contribution in [0, 0.1) is 5.41 Å². The maximum Gasteiger partial charge on any atom is 0.0873 e. The maximum atomic E-state index is 11.9. The van der Waals surface area contributed by atoms with Gasteiger partial charge in [-0.05, 0) is 51.3 Å². The fraction of sp³-hybridized carbons (Fsp3) is 0.778. The van der Waals surface area contributed by atoms with Gasteiger partial charge >= 0.3 is 0 Å². The number of phosphoric acid groups is 1. The van der Waals surface area contributed by atoms with Crippen molar-refractivity contribution in [3.05, 3.63) is 34.4 Å². The van der Waals surface area contributed by atoms with Crippen molar-refractivity contribution in [2.75, 3.05) is 6.61 Å². The topological polar surface area (TPSA) is 127 Å². The predicted molar refractivity (Wildman–Crippen MR) is 134 cm³/mol. The first kappa shape index (κ1) is 33.2.